The first-order valence-electron chi connectivity index (χ1n) is 6.53. The van der Waals surface area contributed by atoms with Gasteiger partial charge in [-0.3, -0.25) is 0 Å². The Morgan fingerprint density at radius 1 is 0.952 bits per heavy atom. The Bertz CT molecular complexity index is 865. The van der Waals surface area contributed by atoms with Gasteiger partial charge in [0, 0.05) is 0 Å². The number of hydrogen-bond acceptors (Lipinski definition) is 2. The van der Waals surface area contributed by atoms with Crippen LogP contribution in [0.4, 0.5) is 0 Å². The minimum absolute atomic E-state index is 0.664. The van der Waals surface area contributed by atoms with Crippen molar-refractivity contribution in [3.8, 4) is 17.6 Å². The third-order valence-corrected chi connectivity index (χ3v) is 3.91. The molecular formula is C18H12BrNO. The molecule has 0 bridgehead atoms. The summed E-state index contributed by atoms with van der Waals surface area (Å²) in [7, 11) is 0. The highest BCUT2D eigenvalue weighted by molar-refractivity contribution is 9.10. The molecule has 3 aromatic carbocycles. The summed E-state index contributed by atoms with van der Waals surface area (Å²) < 4.78 is 6.87. The number of nitrogens with zero attached hydrogens (tertiary/aromatic N) is 1. The fourth-order valence-corrected chi connectivity index (χ4v) is 2.50. The van der Waals surface area contributed by atoms with E-state index in [2.05, 4.69) is 22.0 Å². The zero-order chi connectivity index (χ0) is 14.8. The molecule has 0 aliphatic carbocycles. The molecule has 3 aromatic rings. The lowest BCUT2D eigenvalue weighted by Crippen LogP contribution is -1.87. The molecule has 0 unspecified atom stereocenters. The van der Waals surface area contributed by atoms with E-state index < -0.39 is 0 Å². The van der Waals surface area contributed by atoms with Gasteiger partial charge in [-0.15, -0.1) is 0 Å². The van der Waals surface area contributed by atoms with E-state index in [1.807, 2.05) is 61.5 Å². The highest BCUT2D eigenvalue weighted by Crippen LogP contribution is 2.32. The number of fused-ring (bicyclic) bond motifs is 1. The standard InChI is InChI=1S/C18H12BrNO/c1-12-2-7-17(19)18(8-12)21-16-6-5-14-9-13(11-20)3-4-15(14)10-16/h2-10H,1H3. The second-order valence-corrected chi connectivity index (χ2v) is 5.73. The average Bonchev–Trinajstić information content (AvgIpc) is 2.50. The number of halogens is 1. The van der Waals surface area contributed by atoms with E-state index in [1.165, 1.54) is 0 Å². The summed E-state index contributed by atoms with van der Waals surface area (Å²) in [4.78, 5) is 0. The van der Waals surface area contributed by atoms with Crippen LogP contribution in [0.2, 0.25) is 0 Å². The van der Waals surface area contributed by atoms with Crippen LogP contribution in [-0.4, -0.2) is 0 Å². The first-order valence-corrected chi connectivity index (χ1v) is 7.33. The predicted octanol–water partition coefficient (Wildman–Crippen LogP) is 5.57. The quantitative estimate of drug-likeness (QED) is 0.611. The van der Waals surface area contributed by atoms with Crippen LogP contribution in [0.3, 0.4) is 0 Å². The van der Waals surface area contributed by atoms with Crippen molar-refractivity contribution in [1.29, 1.82) is 5.26 Å². The minimum Gasteiger partial charge on any atom is -0.456 e. The summed E-state index contributed by atoms with van der Waals surface area (Å²) in [5.74, 6) is 1.57. The van der Waals surface area contributed by atoms with Crippen molar-refractivity contribution in [3.05, 3.63) is 70.2 Å². The van der Waals surface area contributed by atoms with Crippen molar-refractivity contribution in [1.82, 2.24) is 0 Å². The number of aryl methyl sites for hydroxylation is 1. The number of benzene rings is 3. The third kappa shape index (κ3) is 2.91. The number of nitriles is 1. The van der Waals surface area contributed by atoms with Crippen LogP contribution in [0.1, 0.15) is 11.1 Å². The number of rotatable bonds is 2. The summed E-state index contributed by atoms with van der Waals surface area (Å²) in [5, 5.41) is 11.0. The maximum Gasteiger partial charge on any atom is 0.141 e. The van der Waals surface area contributed by atoms with Crippen LogP contribution < -0.4 is 4.74 Å². The molecule has 0 aliphatic heterocycles. The fraction of sp³-hybridized carbons (Fsp3) is 0.0556. The Morgan fingerprint density at radius 3 is 2.52 bits per heavy atom. The van der Waals surface area contributed by atoms with Gasteiger partial charge < -0.3 is 4.74 Å². The topological polar surface area (TPSA) is 33.0 Å². The van der Waals surface area contributed by atoms with E-state index in [0.29, 0.717) is 5.56 Å². The molecule has 0 atom stereocenters. The summed E-state index contributed by atoms with van der Waals surface area (Å²) >= 11 is 3.50. The van der Waals surface area contributed by atoms with Gasteiger partial charge in [0.15, 0.2) is 0 Å². The van der Waals surface area contributed by atoms with Gasteiger partial charge in [-0.25, -0.2) is 0 Å². The van der Waals surface area contributed by atoms with Crippen molar-refractivity contribution >= 4 is 26.7 Å². The van der Waals surface area contributed by atoms with Gasteiger partial charge in [-0.1, -0.05) is 18.2 Å². The first-order chi connectivity index (χ1) is 10.2. The Labute approximate surface area is 131 Å². The number of hydrogen-bond donors (Lipinski definition) is 0. The van der Waals surface area contributed by atoms with Crippen LogP contribution in [0, 0.1) is 18.3 Å². The second kappa shape index (κ2) is 5.59. The average molecular weight is 338 g/mol. The van der Waals surface area contributed by atoms with E-state index in [9.17, 15) is 0 Å². The molecule has 0 amide bonds. The Hall–Kier alpha value is -2.31. The van der Waals surface area contributed by atoms with Gasteiger partial charge in [0.1, 0.15) is 11.5 Å². The molecule has 21 heavy (non-hydrogen) atoms. The molecule has 3 heteroatoms. The molecule has 0 saturated carbocycles. The lowest BCUT2D eigenvalue weighted by molar-refractivity contribution is 0.480. The van der Waals surface area contributed by atoms with Crippen LogP contribution in [0.25, 0.3) is 10.8 Å². The highest BCUT2D eigenvalue weighted by atomic mass is 79.9. The molecule has 0 aromatic heterocycles. The zero-order valence-corrected chi connectivity index (χ0v) is 13.0. The lowest BCUT2D eigenvalue weighted by Gasteiger charge is -2.09. The first kappa shape index (κ1) is 13.7. The summed E-state index contributed by atoms with van der Waals surface area (Å²) in [5.41, 5.74) is 1.81. The number of ether oxygens (including phenoxy) is 1. The summed E-state index contributed by atoms with van der Waals surface area (Å²) in [6.07, 6.45) is 0. The monoisotopic (exact) mass is 337 g/mol. The van der Waals surface area contributed by atoms with Gasteiger partial charge in [-0.2, -0.15) is 5.26 Å². The SMILES string of the molecule is Cc1ccc(Br)c(Oc2ccc3cc(C#N)ccc3c2)c1. The maximum absolute atomic E-state index is 8.92. The Kier molecular flexibility index (Phi) is 3.64. The molecule has 102 valence electrons. The van der Waals surface area contributed by atoms with E-state index in [4.69, 9.17) is 10.00 Å². The van der Waals surface area contributed by atoms with E-state index in [-0.39, 0.29) is 0 Å². The molecule has 0 saturated heterocycles. The van der Waals surface area contributed by atoms with E-state index in [0.717, 1.165) is 32.3 Å². The van der Waals surface area contributed by atoms with Gasteiger partial charge >= 0.3 is 0 Å². The van der Waals surface area contributed by atoms with Gasteiger partial charge in [0.2, 0.25) is 0 Å². The van der Waals surface area contributed by atoms with Crippen LogP contribution in [0.15, 0.2) is 59.1 Å². The smallest absolute Gasteiger partial charge is 0.141 e. The predicted molar refractivity (Wildman–Crippen MR) is 87.6 cm³/mol. The van der Waals surface area contributed by atoms with Crippen molar-refractivity contribution in [2.45, 2.75) is 6.92 Å². The van der Waals surface area contributed by atoms with Crippen LogP contribution >= 0.6 is 15.9 Å². The van der Waals surface area contributed by atoms with Gasteiger partial charge in [0.05, 0.1) is 16.1 Å². The van der Waals surface area contributed by atoms with E-state index >= 15 is 0 Å². The zero-order valence-electron chi connectivity index (χ0n) is 11.4. The molecule has 0 N–H and O–H groups in total. The molecular weight excluding hydrogens is 326 g/mol. The Balaban J connectivity index is 1.98. The summed E-state index contributed by atoms with van der Waals surface area (Å²) in [6.45, 7) is 2.03. The van der Waals surface area contributed by atoms with E-state index in [1.54, 1.807) is 0 Å². The normalized spacial score (nSPS) is 10.3. The van der Waals surface area contributed by atoms with Gasteiger partial charge in [-0.05, 0) is 75.6 Å². The van der Waals surface area contributed by atoms with Crippen molar-refractivity contribution in [3.63, 3.8) is 0 Å². The molecule has 0 spiro atoms. The highest BCUT2D eigenvalue weighted by Gasteiger charge is 2.04. The summed E-state index contributed by atoms with van der Waals surface area (Å²) in [6, 6.07) is 19.6. The van der Waals surface area contributed by atoms with Crippen molar-refractivity contribution in [2.75, 3.05) is 0 Å². The molecule has 3 rings (SSSR count). The third-order valence-electron chi connectivity index (χ3n) is 3.26. The molecule has 0 radical (unpaired) electrons. The maximum atomic E-state index is 8.92. The molecule has 0 fully saturated rings. The molecule has 0 heterocycles. The Morgan fingerprint density at radius 2 is 1.71 bits per heavy atom. The molecule has 0 aliphatic rings. The van der Waals surface area contributed by atoms with Crippen molar-refractivity contribution in [2.24, 2.45) is 0 Å². The lowest BCUT2D eigenvalue weighted by atomic mass is 10.1. The minimum atomic E-state index is 0.664. The second-order valence-electron chi connectivity index (χ2n) is 4.87. The fourth-order valence-electron chi connectivity index (χ4n) is 2.17. The van der Waals surface area contributed by atoms with Crippen molar-refractivity contribution < 1.29 is 4.74 Å². The van der Waals surface area contributed by atoms with Gasteiger partial charge in [0.25, 0.3) is 0 Å². The van der Waals surface area contributed by atoms with Crippen LogP contribution in [0.5, 0.6) is 11.5 Å². The van der Waals surface area contributed by atoms with Crippen LogP contribution in [-0.2, 0) is 0 Å². The largest absolute Gasteiger partial charge is 0.456 e. The molecule has 2 nitrogen and oxygen atoms in total.